The average Bonchev–Trinajstić information content (AvgIpc) is 2.81. The lowest BCUT2D eigenvalue weighted by Crippen LogP contribution is -2.41. The molecular formula is C14H22BrN3O2S. The lowest BCUT2D eigenvalue weighted by molar-refractivity contribution is 0.291. The van der Waals surface area contributed by atoms with Crippen LogP contribution in [0.3, 0.4) is 0 Å². The molecule has 1 aliphatic rings. The minimum atomic E-state index is -3.51. The smallest absolute Gasteiger partial charge is 0.243 e. The van der Waals surface area contributed by atoms with Gasteiger partial charge in [-0.1, -0.05) is 15.9 Å². The van der Waals surface area contributed by atoms with Gasteiger partial charge < -0.3 is 10.6 Å². The van der Waals surface area contributed by atoms with Gasteiger partial charge in [0.1, 0.15) is 0 Å². The van der Waals surface area contributed by atoms with E-state index < -0.39 is 10.0 Å². The Morgan fingerprint density at radius 3 is 2.71 bits per heavy atom. The molecule has 118 valence electrons. The molecule has 0 bridgehead atoms. The lowest BCUT2D eigenvalue weighted by atomic mass is 10.2. The van der Waals surface area contributed by atoms with Gasteiger partial charge in [-0.3, -0.25) is 0 Å². The molecular weight excluding hydrogens is 354 g/mol. The zero-order chi connectivity index (χ0) is 15.8. The Kier molecular flexibility index (Phi) is 4.97. The Morgan fingerprint density at radius 1 is 1.43 bits per heavy atom. The van der Waals surface area contributed by atoms with Gasteiger partial charge in [-0.05, 0) is 51.6 Å². The van der Waals surface area contributed by atoms with E-state index in [-0.39, 0.29) is 6.04 Å². The summed E-state index contributed by atoms with van der Waals surface area (Å²) >= 11 is 3.33. The monoisotopic (exact) mass is 375 g/mol. The summed E-state index contributed by atoms with van der Waals surface area (Å²) in [5.74, 6) is 0. The first-order chi connectivity index (χ1) is 9.73. The van der Waals surface area contributed by atoms with Crippen LogP contribution >= 0.6 is 15.9 Å². The molecule has 1 unspecified atom stereocenters. The van der Waals surface area contributed by atoms with E-state index in [0.29, 0.717) is 27.2 Å². The van der Waals surface area contributed by atoms with E-state index in [1.165, 1.54) is 0 Å². The van der Waals surface area contributed by atoms with Crippen molar-refractivity contribution >= 4 is 31.6 Å². The molecule has 2 N–H and O–H groups in total. The van der Waals surface area contributed by atoms with Crippen LogP contribution in [0, 0.1) is 6.92 Å². The van der Waals surface area contributed by atoms with Crippen LogP contribution in [0.25, 0.3) is 0 Å². The number of likely N-dealkylation sites (N-methyl/N-ethyl adjacent to an activating group) is 1. The topological polar surface area (TPSA) is 66.6 Å². The Bertz CT molecular complexity index is 631. The Balaban J connectivity index is 2.42. The van der Waals surface area contributed by atoms with Gasteiger partial charge in [0, 0.05) is 29.3 Å². The molecule has 1 aromatic carbocycles. The highest BCUT2D eigenvalue weighted by Gasteiger charge is 2.36. The molecule has 0 aliphatic carbocycles. The van der Waals surface area contributed by atoms with E-state index in [1.807, 2.05) is 19.0 Å². The van der Waals surface area contributed by atoms with Crippen molar-refractivity contribution in [1.29, 1.82) is 0 Å². The molecule has 5 nitrogen and oxygen atoms in total. The number of hydrogen-bond donors (Lipinski definition) is 1. The first-order valence-electron chi connectivity index (χ1n) is 6.95. The maximum absolute atomic E-state index is 13.0. The second kappa shape index (κ2) is 6.24. The summed E-state index contributed by atoms with van der Waals surface area (Å²) < 4.78 is 28.3. The summed E-state index contributed by atoms with van der Waals surface area (Å²) in [6.45, 7) is 3.07. The van der Waals surface area contributed by atoms with E-state index in [2.05, 4.69) is 15.9 Å². The van der Waals surface area contributed by atoms with Crippen LogP contribution in [0.1, 0.15) is 18.4 Å². The van der Waals surface area contributed by atoms with Crippen LogP contribution in [0.5, 0.6) is 0 Å². The maximum Gasteiger partial charge on any atom is 0.243 e. The van der Waals surface area contributed by atoms with Gasteiger partial charge in [0.05, 0.1) is 4.90 Å². The fourth-order valence-corrected chi connectivity index (χ4v) is 5.39. The summed E-state index contributed by atoms with van der Waals surface area (Å²) in [6, 6.07) is 3.41. The van der Waals surface area contributed by atoms with Crippen LogP contribution < -0.4 is 5.73 Å². The molecule has 0 aromatic heterocycles. The zero-order valence-electron chi connectivity index (χ0n) is 12.6. The van der Waals surface area contributed by atoms with E-state index in [4.69, 9.17) is 5.73 Å². The van der Waals surface area contributed by atoms with Crippen molar-refractivity contribution in [2.75, 3.05) is 32.9 Å². The normalized spacial score (nSPS) is 20.3. The first-order valence-corrected chi connectivity index (χ1v) is 9.19. The standard InChI is InChI=1S/C14H22BrN3O2S/c1-10-13(16)7-11(15)8-14(10)21(19,20)18-6-4-5-12(18)9-17(2)3/h7-8,12H,4-6,9,16H2,1-3H3. The van der Waals surface area contributed by atoms with Gasteiger partial charge in [-0.2, -0.15) is 4.31 Å². The Labute approximate surface area is 135 Å². The van der Waals surface area contributed by atoms with Crippen molar-refractivity contribution in [2.45, 2.75) is 30.7 Å². The fourth-order valence-electron chi connectivity index (χ4n) is 2.80. The molecule has 1 aliphatic heterocycles. The largest absolute Gasteiger partial charge is 0.398 e. The lowest BCUT2D eigenvalue weighted by Gasteiger charge is -2.27. The summed E-state index contributed by atoms with van der Waals surface area (Å²) in [5, 5.41) is 0. The number of benzene rings is 1. The van der Waals surface area contributed by atoms with E-state index in [1.54, 1.807) is 23.4 Å². The van der Waals surface area contributed by atoms with Gasteiger partial charge >= 0.3 is 0 Å². The third kappa shape index (κ3) is 3.41. The maximum atomic E-state index is 13.0. The molecule has 1 saturated heterocycles. The number of rotatable bonds is 4. The van der Waals surface area contributed by atoms with Crippen LogP contribution in [-0.4, -0.2) is 50.8 Å². The van der Waals surface area contributed by atoms with Crippen molar-refractivity contribution in [3.8, 4) is 0 Å². The van der Waals surface area contributed by atoms with Crippen molar-refractivity contribution < 1.29 is 8.42 Å². The predicted octanol–water partition coefficient (Wildman–Crippen LogP) is 2.05. The third-order valence-corrected chi connectivity index (χ3v) is 6.39. The highest BCUT2D eigenvalue weighted by molar-refractivity contribution is 9.10. The summed E-state index contributed by atoms with van der Waals surface area (Å²) in [7, 11) is 0.415. The van der Waals surface area contributed by atoms with Crippen LogP contribution in [0.15, 0.2) is 21.5 Å². The zero-order valence-corrected chi connectivity index (χ0v) is 15.0. The molecule has 7 heteroatoms. The number of nitrogen functional groups attached to an aromatic ring is 1. The number of nitrogens with zero attached hydrogens (tertiary/aromatic N) is 2. The quantitative estimate of drug-likeness (QED) is 0.817. The molecule has 0 spiro atoms. The number of nitrogens with two attached hydrogens (primary N) is 1. The molecule has 2 rings (SSSR count). The van der Waals surface area contributed by atoms with E-state index in [9.17, 15) is 8.42 Å². The van der Waals surface area contributed by atoms with Gasteiger partial charge in [0.2, 0.25) is 10.0 Å². The Hall–Kier alpha value is -0.630. The molecule has 1 fully saturated rings. The molecule has 0 amide bonds. The molecule has 0 saturated carbocycles. The molecule has 1 aromatic rings. The Morgan fingerprint density at radius 2 is 2.10 bits per heavy atom. The summed E-state index contributed by atoms with van der Waals surface area (Å²) in [5.41, 5.74) is 7.02. The molecule has 21 heavy (non-hydrogen) atoms. The second-order valence-corrected chi connectivity index (χ2v) is 8.57. The van der Waals surface area contributed by atoms with Crippen molar-refractivity contribution in [3.05, 3.63) is 22.2 Å². The summed E-state index contributed by atoms with van der Waals surface area (Å²) in [6.07, 6.45) is 1.81. The number of sulfonamides is 1. The highest BCUT2D eigenvalue weighted by atomic mass is 79.9. The van der Waals surface area contributed by atoms with Crippen LogP contribution in [-0.2, 0) is 10.0 Å². The third-order valence-electron chi connectivity index (χ3n) is 3.85. The van der Waals surface area contributed by atoms with Crippen molar-refractivity contribution in [1.82, 2.24) is 9.21 Å². The van der Waals surface area contributed by atoms with Gasteiger partial charge in [-0.15, -0.1) is 0 Å². The van der Waals surface area contributed by atoms with Crippen LogP contribution in [0.4, 0.5) is 5.69 Å². The molecule has 0 radical (unpaired) electrons. The second-order valence-electron chi connectivity index (χ2n) is 5.79. The molecule has 1 atom stereocenters. The van der Waals surface area contributed by atoms with Gasteiger partial charge in [0.25, 0.3) is 0 Å². The van der Waals surface area contributed by atoms with Crippen LogP contribution in [0.2, 0.25) is 0 Å². The summed E-state index contributed by atoms with van der Waals surface area (Å²) in [4.78, 5) is 2.33. The van der Waals surface area contributed by atoms with Crippen molar-refractivity contribution in [3.63, 3.8) is 0 Å². The van der Waals surface area contributed by atoms with Gasteiger partial charge in [-0.25, -0.2) is 8.42 Å². The molecule has 1 heterocycles. The number of halogens is 1. The predicted molar refractivity (Wildman–Crippen MR) is 88.8 cm³/mol. The first kappa shape index (κ1) is 16.7. The number of hydrogen-bond acceptors (Lipinski definition) is 4. The minimum Gasteiger partial charge on any atom is -0.398 e. The fraction of sp³-hybridized carbons (Fsp3) is 0.571. The minimum absolute atomic E-state index is 0.0320. The highest BCUT2D eigenvalue weighted by Crippen LogP contribution is 2.32. The van der Waals surface area contributed by atoms with Crippen molar-refractivity contribution in [2.24, 2.45) is 0 Å². The average molecular weight is 376 g/mol. The van der Waals surface area contributed by atoms with E-state index in [0.717, 1.165) is 19.4 Å². The van der Waals surface area contributed by atoms with Gasteiger partial charge in [0.15, 0.2) is 0 Å². The van der Waals surface area contributed by atoms with E-state index >= 15 is 0 Å². The SMILES string of the molecule is Cc1c(N)cc(Br)cc1S(=O)(=O)N1CCCC1CN(C)C. The number of anilines is 1.